The fraction of sp³-hybridized carbons (Fsp3) is 0. The molecule has 11 aromatic rings. The summed E-state index contributed by atoms with van der Waals surface area (Å²) in [6.45, 7) is 0. The Balaban J connectivity index is 1.14. The van der Waals surface area contributed by atoms with E-state index in [4.69, 9.17) is 0 Å². The number of hydrogen-bond donors (Lipinski definition) is 0. The molecule has 0 radical (unpaired) electrons. The van der Waals surface area contributed by atoms with Gasteiger partial charge in [0.25, 0.3) is 0 Å². The Labute approximate surface area is 357 Å². The molecule has 6 heteroatoms. The van der Waals surface area contributed by atoms with Gasteiger partial charge in [0.1, 0.15) is 0 Å². The van der Waals surface area contributed by atoms with Crippen LogP contribution in [0.1, 0.15) is 16.7 Å². The first kappa shape index (κ1) is 36.1. The van der Waals surface area contributed by atoms with Crippen LogP contribution in [0.25, 0.3) is 99.5 Å². The SMILES string of the molecule is N#Cc1ccccc1-c1ccc2c(c1)c1ccccc1n2-c1ccncc1-c1ccc(-n2c3ccccc3c3cc(-c4ccccc4C#N)ccc32)c(-c2ccccc2C#N)c1. The summed E-state index contributed by atoms with van der Waals surface area (Å²) in [5.74, 6) is 0. The molecule has 11 rings (SSSR count). The normalized spacial score (nSPS) is 11.2. The molecule has 0 atom stereocenters. The van der Waals surface area contributed by atoms with Crippen molar-refractivity contribution in [2.75, 3.05) is 0 Å². The number of benzene rings is 8. The predicted octanol–water partition coefficient (Wildman–Crippen LogP) is 13.6. The van der Waals surface area contributed by atoms with Crippen molar-refractivity contribution in [2.24, 2.45) is 0 Å². The summed E-state index contributed by atoms with van der Waals surface area (Å²) >= 11 is 0. The molecule has 6 nitrogen and oxygen atoms in total. The van der Waals surface area contributed by atoms with Gasteiger partial charge in [-0.1, -0.05) is 109 Å². The van der Waals surface area contributed by atoms with E-state index >= 15 is 0 Å². The van der Waals surface area contributed by atoms with E-state index in [2.05, 4.69) is 142 Å². The van der Waals surface area contributed by atoms with E-state index in [1.54, 1.807) is 0 Å². The molecule has 0 aliphatic rings. The summed E-state index contributed by atoms with van der Waals surface area (Å²) in [7, 11) is 0. The Hall–Kier alpha value is -9.02. The summed E-state index contributed by atoms with van der Waals surface area (Å²) in [5, 5.41) is 34.7. The Bertz CT molecular complexity index is 3750. The first-order valence-electron chi connectivity index (χ1n) is 20.3. The molecule has 0 bridgehead atoms. The van der Waals surface area contributed by atoms with Gasteiger partial charge in [-0.05, 0) is 101 Å². The first-order chi connectivity index (χ1) is 30.6. The number of nitriles is 3. The zero-order chi connectivity index (χ0) is 41.7. The van der Waals surface area contributed by atoms with Gasteiger partial charge in [0, 0.05) is 50.6 Å². The average molecular weight is 789 g/mol. The summed E-state index contributed by atoms with van der Waals surface area (Å²) in [6, 6.07) is 68.6. The zero-order valence-corrected chi connectivity index (χ0v) is 33.2. The highest BCUT2D eigenvalue weighted by Gasteiger charge is 2.22. The van der Waals surface area contributed by atoms with Crippen molar-refractivity contribution >= 4 is 43.6 Å². The number of pyridine rings is 1. The monoisotopic (exact) mass is 788 g/mol. The number of nitrogens with zero attached hydrogens (tertiary/aromatic N) is 6. The van der Waals surface area contributed by atoms with Crippen LogP contribution in [0.2, 0.25) is 0 Å². The topological polar surface area (TPSA) is 94.1 Å². The number of hydrogen-bond acceptors (Lipinski definition) is 4. The van der Waals surface area contributed by atoms with Crippen molar-refractivity contribution in [2.45, 2.75) is 0 Å². The highest BCUT2D eigenvalue weighted by Crippen LogP contribution is 2.43. The number of para-hydroxylation sites is 2. The average Bonchev–Trinajstić information content (AvgIpc) is 3.85. The van der Waals surface area contributed by atoms with Gasteiger partial charge in [0.05, 0.1) is 68.3 Å². The summed E-state index contributed by atoms with van der Waals surface area (Å²) in [4.78, 5) is 4.68. The van der Waals surface area contributed by atoms with E-state index < -0.39 is 0 Å². The van der Waals surface area contributed by atoms with Gasteiger partial charge in [-0.3, -0.25) is 4.98 Å². The van der Waals surface area contributed by atoms with E-state index in [0.717, 1.165) is 99.5 Å². The Morgan fingerprint density at radius 1 is 0.339 bits per heavy atom. The molecule has 0 aliphatic heterocycles. The minimum absolute atomic E-state index is 0.574. The van der Waals surface area contributed by atoms with Crippen molar-refractivity contribution in [1.29, 1.82) is 15.8 Å². The van der Waals surface area contributed by atoms with Crippen molar-refractivity contribution in [1.82, 2.24) is 14.1 Å². The number of aromatic nitrogens is 3. The van der Waals surface area contributed by atoms with Crippen molar-refractivity contribution in [3.63, 3.8) is 0 Å². The molecular formula is C56H32N6. The third-order valence-corrected chi connectivity index (χ3v) is 12.0. The minimum Gasteiger partial charge on any atom is -0.309 e. The van der Waals surface area contributed by atoms with Crippen molar-refractivity contribution < 1.29 is 0 Å². The molecule has 3 heterocycles. The molecule has 286 valence electrons. The molecular weight excluding hydrogens is 757 g/mol. The largest absolute Gasteiger partial charge is 0.309 e. The van der Waals surface area contributed by atoms with E-state index in [-0.39, 0.29) is 0 Å². The molecule has 0 saturated carbocycles. The second kappa shape index (κ2) is 14.7. The van der Waals surface area contributed by atoms with Gasteiger partial charge in [-0.25, -0.2) is 0 Å². The Kier molecular flexibility index (Phi) is 8.54. The quantitative estimate of drug-likeness (QED) is 0.168. The minimum atomic E-state index is 0.574. The fourth-order valence-electron chi connectivity index (χ4n) is 9.20. The number of fused-ring (bicyclic) bond motifs is 6. The molecule has 0 amide bonds. The maximum Gasteiger partial charge on any atom is 0.0998 e. The van der Waals surface area contributed by atoms with Gasteiger partial charge in [0.15, 0.2) is 0 Å². The van der Waals surface area contributed by atoms with Crippen molar-refractivity contribution in [3.8, 4) is 74.1 Å². The van der Waals surface area contributed by atoms with E-state index in [0.29, 0.717) is 16.7 Å². The molecule has 0 N–H and O–H groups in total. The lowest BCUT2D eigenvalue weighted by Crippen LogP contribution is -2.01. The smallest absolute Gasteiger partial charge is 0.0998 e. The van der Waals surface area contributed by atoms with Crippen LogP contribution in [-0.2, 0) is 0 Å². The predicted molar refractivity (Wildman–Crippen MR) is 249 cm³/mol. The first-order valence-corrected chi connectivity index (χ1v) is 20.3. The van der Waals surface area contributed by atoms with Crippen molar-refractivity contribution in [3.05, 3.63) is 211 Å². The standard InChI is InChI=1S/C56H32N6/c57-32-39-11-1-4-14-42(39)36-21-24-54-48(29-36)45-17-7-9-19-51(45)61(54)53-26-23-38(31-47(53)44-16-6-3-13-41(44)34-59)50-35-60-28-27-56(50)62-52-20-10-8-18-46(52)49-30-37(22-25-55(49)62)43-15-5-2-12-40(43)33-58/h1-31,35H. The van der Waals surface area contributed by atoms with Gasteiger partial charge < -0.3 is 9.13 Å². The highest BCUT2D eigenvalue weighted by atomic mass is 15.0. The van der Waals surface area contributed by atoms with Gasteiger partial charge >= 0.3 is 0 Å². The second-order valence-corrected chi connectivity index (χ2v) is 15.3. The molecule has 62 heavy (non-hydrogen) atoms. The maximum absolute atomic E-state index is 10.5. The van der Waals surface area contributed by atoms with E-state index in [1.807, 2.05) is 85.2 Å². The molecule has 8 aromatic carbocycles. The van der Waals surface area contributed by atoms with Crippen LogP contribution in [0.5, 0.6) is 0 Å². The van der Waals surface area contributed by atoms with Gasteiger partial charge in [0.2, 0.25) is 0 Å². The second-order valence-electron chi connectivity index (χ2n) is 15.3. The van der Waals surface area contributed by atoms with E-state index in [1.165, 1.54) is 0 Å². The number of rotatable bonds is 6. The highest BCUT2D eigenvalue weighted by molar-refractivity contribution is 6.12. The third-order valence-electron chi connectivity index (χ3n) is 12.0. The lowest BCUT2D eigenvalue weighted by Gasteiger charge is -2.18. The van der Waals surface area contributed by atoms with Crippen LogP contribution < -0.4 is 0 Å². The molecule has 0 saturated heterocycles. The Morgan fingerprint density at radius 3 is 1.31 bits per heavy atom. The van der Waals surface area contributed by atoms with Crippen LogP contribution in [0, 0.1) is 34.0 Å². The zero-order valence-electron chi connectivity index (χ0n) is 33.2. The van der Waals surface area contributed by atoms with Crippen LogP contribution in [0.3, 0.4) is 0 Å². The van der Waals surface area contributed by atoms with Crippen LogP contribution in [0.4, 0.5) is 0 Å². The third kappa shape index (κ3) is 5.66. The maximum atomic E-state index is 10.5. The van der Waals surface area contributed by atoms with E-state index in [9.17, 15) is 15.8 Å². The van der Waals surface area contributed by atoms with Gasteiger partial charge in [-0.15, -0.1) is 0 Å². The summed E-state index contributed by atoms with van der Waals surface area (Å²) in [5.41, 5.74) is 15.2. The Morgan fingerprint density at radius 2 is 0.758 bits per heavy atom. The van der Waals surface area contributed by atoms with Crippen LogP contribution in [0.15, 0.2) is 194 Å². The molecule has 0 unspecified atom stereocenters. The van der Waals surface area contributed by atoms with Gasteiger partial charge in [-0.2, -0.15) is 15.8 Å². The van der Waals surface area contributed by atoms with Crippen LogP contribution >= 0.6 is 0 Å². The summed E-state index contributed by atoms with van der Waals surface area (Å²) < 4.78 is 4.59. The lowest BCUT2D eigenvalue weighted by atomic mass is 9.94. The molecule has 0 spiro atoms. The molecule has 3 aromatic heterocycles. The molecule has 0 fully saturated rings. The van der Waals surface area contributed by atoms with Crippen LogP contribution in [-0.4, -0.2) is 14.1 Å². The molecule has 0 aliphatic carbocycles. The lowest BCUT2D eigenvalue weighted by molar-refractivity contribution is 1.15. The summed E-state index contributed by atoms with van der Waals surface area (Å²) in [6.07, 6.45) is 3.75. The fourth-order valence-corrected chi connectivity index (χ4v) is 9.20.